The molecule has 0 bridgehead atoms. The lowest BCUT2D eigenvalue weighted by Gasteiger charge is -2.23. The molecule has 2 atom stereocenters. The first-order valence-corrected chi connectivity index (χ1v) is 11.4. The van der Waals surface area contributed by atoms with Crippen molar-refractivity contribution in [2.45, 2.75) is 45.7 Å². The van der Waals surface area contributed by atoms with E-state index in [1.807, 2.05) is 32.0 Å². The van der Waals surface area contributed by atoms with Gasteiger partial charge in [0.1, 0.15) is 5.69 Å². The Kier molecular flexibility index (Phi) is 8.25. The number of aromatic nitrogens is 2. The smallest absolute Gasteiger partial charge is 0.270 e. The van der Waals surface area contributed by atoms with Crippen LogP contribution in [0.1, 0.15) is 64.7 Å². The number of hydrogen-bond donors (Lipinski definition) is 5. The van der Waals surface area contributed by atoms with E-state index in [0.717, 1.165) is 5.56 Å². The maximum absolute atomic E-state index is 13.2. The summed E-state index contributed by atoms with van der Waals surface area (Å²) >= 11 is 0. The van der Waals surface area contributed by atoms with E-state index < -0.39 is 35.6 Å². The van der Waals surface area contributed by atoms with E-state index in [-0.39, 0.29) is 35.0 Å². The number of rotatable bonds is 10. The highest BCUT2D eigenvalue weighted by Gasteiger charge is 2.30. The maximum Gasteiger partial charge on any atom is 0.270 e. The first-order valence-electron chi connectivity index (χ1n) is 11.4. The van der Waals surface area contributed by atoms with Crippen LogP contribution in [0.2, 0.25) is 0 Å². The maximum atomic E-state index is 13.2. The molecule has 2 amide bonds. The van der Waals surface area contributed by atoms with Crippen molar-refractivity contribution in [3.8, 4) is 11.8 Å². The number of aromatic hydroxyl groups is 2. The highest BCUT2D eigenvalue weighted by molar-refractivity contribution is 6.05. The number of hydrogen-bond acceptors (Lipinski definition) is 6. The van der Waals surface area contributed by atoms with Gasteiger partial charge in [-0.3, -0.25) is 24.4 Å². The number of ketones is 1. The topological polar surface area (TPSA) is 144 Å². The standard InChI is InChI=1S/C26H30N4O5/c1-15(2)13-20(23(32)22-16(3)24(33)30-26(22)35)28-21(31)14-19(17-9-5-4-6-10-17)29-25(34)18-11-7-8-12-27-18/h4-12,15,19-20,30,33,35H,13-14H2,1-3H3,(H,28,31)(H,29,34)/t19-,20?/m0/s1. The summed E-state index contributed by atoms with van der Waals surface area (Å²) < 4.78 is 0. The Balaban J connectivity index is 1.80. The first kappa shape index (κ1) is 25.5. The highest BCUT2D eigenvalue weighted by Crippen LogP contribution is 2.30. The van der Waals surface area contributed by atoms with Gasteiger partial charge in [-0.2, -0.15) is 0 Å². The van der Waals surface area contributed by atoms with Crippen LogP contribution in [0.5, 0.6) is 11.8 Å². The lowest BCUT2D eigenvalue weighted by Crippen LogP contribution is -2.43. The summed E-state index contributed by atoms with van der Waals surface area (Å²) in [5.41, 5.74) is 1.10. The van der Waals surface area contributed by atoms with Gasteiger partial charge >= 0.3 is 0 Å². The van der Waals surface area contributed by atoms with Gasteiger partial charge in [0.15, 0.2) is 11.7 Å². The summed E-state index contributed by atoms with van der Waals surface area (Å²) in [6, 6.07) is 12.4. The molecule has 9 nitrogen and oxygen atoms in total. The first-order chi connectivity index (χ1) is 16.7. The molecule has 0 spiro atoms. The molecule has 35 heavy (non-hydrogen) atoms. The third-order valence-corrected chi connectivity index (χ3v) is 5.60. The average molecular weight is 479 g/mol. The van der Waals surface area contributed by atoms with Gasteiger partial charge in [0.2, 0.25) is 11.8 Å². The SMILES string of the molecule is Cc1c(O)[nH]c(O)c1C(=O)C(CC(C)C)NC(=O)C[C@H](NC(=O)c1ccccn1)c1ccccc1. The minimum Gasteiger partial charge on any atom is -0.494 e. The largest absolute Gasteiger partial charge is 0.494 e. The molecule has 3 aromatic rings. The minimum absolute atomic E-state index is 0.0588. The Morgan fingerprint density at radius 3 is 2.23 bits per heavy atom. The molecule has 3 rings (SSSR count). The van der Waals surface area contributed by atoms with Crippen molar-refractivity contribution < 1.29 is 24.6 Å². The van der Waals surface area contributed by atoms with Gasteiger partial charge < -0.3 is 20.8 Å². The Bertz CT molecular complexity index is 1180. The van der Waals surface area contributed by atoms with E-state index in [1.54, 1.807) is 30.3 Å². The molecule has 0 aliphatic carbocycles. The third kappa shape index (κ3) is 6.47. The number of pyridine rings is 1. The molecule has 0 radical (unpaired) electrons. The van der Waals surface area contributed by atoms with E-state index in [0.29, 0.717) is 6.42 Å². The quantitative estimate of drug-likeness (QED) is 0.283. The summed E-state index contributed by atoms with van der Waals surface area (Å²) in [6.45, 7) is 5.33. The molecular weight excluding hydrogens is 448 g/mol. The Hall–Kier alpha value is -4.14. The predicted octanol–water partition coefficient (Wildman–Crippen LogP) is 3.40. The van der Waals surface area contributed by atoms with Crippen LogP contribution in [0.4, 0.5) is 0 Å². The Morgan fingerprint density at radius 2 is 1.66 bits per heavy atom. The van der Waals surface area contributed by atoms with Gasteiger partial charge in [-0.1, -0.05) is 50.2 Å². The zero-order valence-electron chi connectivity index (χ0n) is 19.9. The number of amides is 2. The van der Waals surface area contributed by atoms with Crippen molar-refractivity contribution >= 4 is 17.6 Å². The molecule has 0 saturated carbocycles. The van der Waals surface area contributed by atoms with Gasteiger partial charge in [-0.25, -0.2) is 0 Å². The number of carbonyl (C=O) groups excluding carboxylic acids is 3. The van der Waals surface area contributed by atoms with Crippen LogP contribution in [0, 0.1) is 12.8 Å². The van der Waals surface area contributed by atoms with E-state index in [4.69, 9.17) is 0 Å². The van der Waals surface area contributed by atoms with Crippen LogP contribution >= 0.6 is 0 Å². The molecule has 0 aliphatic heterocycles. The highest BCUT2D eigenvalue weighted by atomic mass is 16.3. The predicted molar refractivity (Wildman–Crippen MR) is 130 cm³/mol. The lowest BCUT2D eigenvalue weighted by atomic mass is 9.94. The molecule has 9 heteroatoms. The van der Waals surface area contributed by atoms with Crippen LogP contribution in [0.3, 0.4) is 0 Å². The number of aromatic amines is 1. The van der Waals surface area contributed by atoms with Crippen molar-refractivity contribution in [2.24, 2.45) is 5.92 Å². The molecular formula is C26H30N4O5. The summed E-state index contributed by atoms with van der Waals surface area (Å²) in [5.74, 6) is -2.07. The Labute approximate surface area is 203 Å². The molecule has 1 unspecified atom stereocenters. The summed E-state index contributed by atoms with van der Waals surface area (Å²) in [4.78, 5) is 45.4. The van der Waals surface area contributed by atoms with Crippen molar-refractivity contribution in [3.05, 3.63) is 77.1 Å². The van der Waals surface area contributed by atoms with E-state index in [1.165, 1.54) is 13.1 Å². The van der Waals surface area contributed by atoms with Gasteiger partial charge in [0, 0.05) is 11.8 Å². The second-order valence-electron chi connectivity index (χ2n) is 8.79. The van der Waals surface area contributed by atoms with Crippen molar-refractivity contribution in [3.63, 3.8) is 0 Å². The molecule has 2 aromatic heterocycles. The number of carbonyl (C=O) groups is 3. The van der Waals surface area contributed by atoms with Crippen LogP contribution < -0.4 is 10.6 Å². The second-order valence-corrected chi connectivity index (χ2v) is 8.79. The van der Waals surface area contributed by atoms with Crippen molar-refractivity contribution in [1.29, 1.82) is 0 Å². The number of nitrogens with one attached hydrogen (secondary N) is 3. The number of Topliss-reactive ketones (excluding diaryl/α,β-unsaturated/α-hetero) is 1. The number of benzene rings is 1. The average Bonchev–Trinajstić information content (AvgIpc) is 3.09. The normalized spacial score (nSPS) is 12.7. The van der Waals surface area contributed by atoms with E-state index >= 15 is 0 Å². The van der Waals surface area contributed by atoms with Crippen LogP contribution in [-0.2, 0) is 4.79 Å². The van der Waals surface area contributed by atoms with Crippen molar-refractivity contribution in [1.82, 2.24) is 20.6 Å². The van der Waals surface area contributed by atoms with Crippen LogP contribution in [-0.4, -0.2) is 43.8 Å². The van der Waals surface area contributed by atoms with E-state index in [2.05, 4.69) is 20.6 Å². The molecule has 184 valence electrons. The summed E-state index contributed by atoms with van der Waals surface area (Å²) in [7, 11) is 0. The zero-order valence-corrected chi connectivity index (χ0v) is 19.9. The minimum atomic E-state index is -0.926. The lowest BCUT2D eigenvalue weighted by molar-refractivity contribution is -0.122. The molecule has 5 N–H and O–H groups in total. The third-order valence-electron chi connectivity index (χ3n) is 5.60. The molecule has 0 saturated heterocycles. The fourth-order valence-corrected chi connectivity index (χ4v) is 3.85. The van der Waals surface area contributed by atoms with Crippen LogP contribution in [0.25, 0.3) is 0 Å². The number of nitrogens with zero attached hydrogens (tertiary/aromatic N) is 1. The van der Waals surface area contributed by atoms with E-state index in [9.17, 15) is 24.6 Å². The van der Waals surface area contributed by atoms with Crippen LogP contribution in [0.15, 0.2) is 54.7 Å². The van der Waals surface area contributed by atoms with Gasteiger partial charge in [0.25, 0.3) is 5.91 Å². The molecule has 0 fully saturated rings. The van der Waals surface area contributed by atoms with Crippen molar-refractivity contribution in [2.75, 3.05) is 0 Å². The second kappa shape index (κ2) is 11.3. The number of H-pyrrole nitrogens is 1. The van der Waals surface area contributed by atoms with Gasteiger partial charge in [-0.05, 0) is 37.0 Å². The van der Waals surface area contributed by atoms with Gasteiger partial charge in [-0.15, -0.1) is 0 Å². The monoisotopic (exact) mass is 478 g/mol. The Morgan fingerprint density at radius 1 is 0.971 bits per heavy atom. The summed E-state index contributed by atoms with van der Waals surface area (Å²) in [6.07, 6.45) is 1.72. The molecule has 0 aliphatic rings. The fraction of sp³-hybridized carbons (Fsp3) is 0.308. The zero-order chi connectivity index (χ0) is 25.5. The molecule has 2 heterocycles. The fourth-order valence-electron chi connectivity index (χ4n) is 3.85. The van der Waals surface area contributed by atoms with Gasteiger partial charge in [0.05, 0.1) is 24.1 Å². The molecule has 1 aromatic carbocycles. The summed E-state index contributed by atoms with van der Waals surface area (Å²) in [5, 5.41) is 25.5.